The first kappa shape index (κ1) is 101. The zero-order valence-corrected chi connectivity index (χ0v) is 73.5. The zero-order valence-electron chi connectivity index (χ0n) is 67.4. The molecule has 16 rings (SSSR count). The highest BCUT2D eigenvalue weighted by Crippen LogP contribution is 2.28. The van der Waals surface area contributed by atoms with Gasteiger partial charge >= 0.3 is 29.8 Å². The van der Waals surface area contributed by atoms with Gasteiger partial charge in [0.1, 0.15) is 12.3 Å². The number of aromatic amines is 1. The van der Waals surface area contributed by atoms with E-state index in [1.807, 2.05) is 210 Å². The Kier molecular flexibility index (Phi) is 39.6. The summed E-state index contributed by atoms with van der Waals surface area (Å²) in [6, 6.07) is 70.3. The largest absolute Gasteiger partial charge is 0.478 e. The molecule has 0 saturated heterocycles. The SMILES string of the molecule is C.C.CC(=O)O[C@@H](C(=O)O)[C@@H](OC(C)=O)C(=O)N1Cc2ccccc2C1.Clc1ccccc1Cn1ccc(CBr)n1.NCc1ccn(Cc2ccccc2Cl)n1.O=C(O)c1ccn[nH]1.O=C(OCc1ccccc1Cl)c1ccn(Cc2ccccc2Cl)n1.O=C1c2ccccc2C(=O)N1Cc1ccn(Cc2ccccc2Cl)n1.OCc1ccn(Cc2ccccc2Cl)n1. The number of aliphatic carboxylic acids is 1. The van der Waals surface area contributed by atoms with E-state index >= 15 is 0 Å². The van der Waals surface area contributed by atoms with E-state index in [1.165, 1.54) is 22.1 Å². The molecule has 3 amide bonds. The Morgan fingerprint density at radius 2 is 0.797 bits per heavy atom. The molecule has 2 aliphatic rings. The number of carboxylic acid groups (broad SMARTS) is 2. The number of nitrogens with zero attached hydrogens (tertiary/aromatic N) is 13. The molecule has 6 aromatic heterocycles. The third-order valence-corrected chi connectivity index (χ3v) is 21.1. The van der Waals surface area contributed by atoms with Gasteiger partial charge in [0.05, 0.1) is 79.8 Å². The number of nitrogens with one attached hydrogen (secondary N) is 1. The summed E-state index contributed by atoms with van der Waals surface area (Å²) in [7, 11) is 0. The molecule has 36 heteroatoms. The van der Waals surface area contributed by atoms with Crippen molar-refractivity contribution in [2.45, 2.75) is 118 Å². The van der Waals surface area contributed by atoms with Crippen LogP contribution in [-0.4, -0.2) is 144 Å². The second-order valence-electron chi connectivity index (χ2n) is 27.4. The number of hydrogen-bond donors (Lipinski definition) is 5. The van der Waals surface area contributed by atoms with Crippen molar-refractivity contribution in [3.05, 3.63) is 388 Å². The molecule has 0 unspecified atom stereocenters. The number of carboxylic acids is 2. The monoisotopic (exact) mass is 1920 g/mol. The number of carbonyl (C=O) groups is 8. The van der Waals surface area contributed by atoms with Gasteiger partial charge in [-0.2, -0.15) is 30.6 Å². The molecule has 0 fully saturated rings. The summed E-state index contributed by atoms with van der Waals surface area (Å²) in [6.45, 7) is 6.31. The van der Waals surface area contributed by atoms with E-state index in [-0.39, 0.29) is 70.9 Å². The van der Waals surface area contributed by atoms with E-state index in [4.69, 9.17) is 95.0 Å². The van der Waals surface area contributed by atoms with Crippen molar-refractivity contribution in [3.63, 3.8) is 0 Å². The van der Waals surface area contributed by atoms with Crippen molar-refractivity contribution < 1.29 is 67.9 Å². The molecule has 0 spiro atoms. The minimum Gasteiger partial charge on any atom is -0.478 e. The maximum atomic E-state index is 12.7. The third kappa shape index (κ3) is 29.9. The van der Waals surface area contributed by atoms with Crippen LogP contribution in [0.3, 0.4) is 0 Å². The van der Waals surface area contributed by atoms with Crippen LogP contribution >= 0.6 is 85.5 Å². The topological polar surface area (TPSA) is 375 Å². The van der Waals surface area contributed by atoms with E-state index in [0.29, 0.717) is 76.9 Å². The van der Waals surface area contributed by atoms with Crippen LogP contribution in [-0.2, 0) is 111 Å². The number of imide groups is 1. The first-order valence-corrected chi connectivity index (χ1v) is 41.8. The van der Waals surface area contributed by atoms with Gasteiger partial charge in [-0.25, -0.2) is 14.4 Å². The summed E-state index contributed by atoms with van der Waals surface area (Å²) >= 11 is 39.8. The van der Waals surface area contributed by atoms with Crippen molar-refractivity contribution in [1.82, 2.24) is 68.9 Å². The molecule has 8 aromatic carbocycles. The fraction of sp³-hybridized carbons (Fsp3) is 0.196. The van der Waals surface area contributed by atoms with Crippen LogP contribution in [0.25, 0.3) is 0 Å². The van der Waals surface area contributed by atoms with Crippen LogP contribution in [0.2, 0.25) is 30.1 Å². The lowest BCUT2D eigenvalue weighted by molar-refractivity contribution is -0.183. The van der Waals surface area contributed by atoms with Gasteiger partial charge in [0, 0.05) is 112 Å². The molecular weight excluding hydrogens is 1830 g/mol. The number of aliphatic hydroxyl groups excluding tert-OH is 1. The average Bonchev–Trinajstić information content (AvgIpc) is 1.63. The Bertz CT molecular complexity index is 5780. The van der Waals surface area contributed by atoms with E-state index < -0.39 is 48.0 Å². The average molecular weight is 1920 g/mol. The summed E-state index contributed by atoms with van der Waals surface area (Å²) in [5.41, 5.74) is 17.6. The minimum atomic E-state index is -1.90. The number of esters is 3. The van der Waals surface area contributed by atoms with E-state index in [2.05, 4.69) is 56.4 Å². The van der Waals surface area contributed by atoms with Gasteiger partial charge in [0.25, 0.3) is 17.7 Å². The van der Waals surface area contributed by atoms with E-state index in [1.54, 1.807) is 68.8 Å². The summed E-state index contributed by atoms with van der Waals surface area (Å²) in [6.07, 6.45) is 6.98. The molecule has 8 heterocycles. The Morgan fingerprint density at radius 1 is 0.445 bits per heavy atom. The number of halogens is 7. The fourth-order valence-corrected chi connectivity index (χ4v) is 13.6. The smallest absolute Gasteiger partial charge is 0.359 e. The quantitative estimate of drug-likeness (QED) is 0.0162. The predicted molar refractivity (Wildman–Crippen MR) is 490 cm³/mol. The molecule has 0 bridgehead atoms. The second-order valence-corrected chi connectivity index (χ2v) is 30.4. The van der Waals surface area contributed by atoms with Crippen molar-refractivity contribution in [1.29, 1.82) is 0 Å². The summed E-state index contributed by atoms with van der Waals surface area (Å²) in [4.78, 5) is 95.9. The van der Waals surface area contributed by atoms with Gasteiger partial charge < -0.3 is 40.2 Å². The zero-order chi connectivity index (χ0) is 90.2. The molecule has 6 N–H and O–H groups in total. The Morgan fingerprint density at radius 3 is 1.15 bits per heavy atom. The van der Waals surface area contributed by atoms with Gasteiger partial charge in [0.2, 0.25) is 12.2 Å². The van der Waals surface area contributed by atoms with Crippen LogP contribution in [0.1, 0.15) is 138 Å². The number of benzene rings is 8. The summed E-state index contributed by atoms with van der Waals surface area (Å²) in [5.74, 6) is -6.06. The third-order valence-electron chi connectivity index (χ3n) is 18.3. The van der Waals surface area contributed by atoms with Gasteiger partial charge in [0.15, 0.2) is 5.69 Å². The first-order chi connectivity index (χ1) is 60.7. The molecule has 0 aliphatic carbocycles. The Hall–Kier alpha value is -12.9. The number of carbonyl (C=O) groups excluding carboxylic acids is 6. The molecule has 14 aromatic rings. The van der Waals surface area contributed by atoms with Gasteiger partial charge in [-0.15, -0.1) is 0 Å². The number of aromatic carboxylic acids is 1. The van der Waals surface area contributed by atoms with E-state index in [9.17, 15) is 43.5 Å². The van der Waals surface area contributed by atoms with Crippen LogP contribution in [0.5, 0.6) is 0 Å². The number of amides is 3. The van der Waals surface area contributed by atoms with Crippen molar-refractivity contribution in [2.24, 2.45) is 5.73 Å². The maximum absolute atomic E-state index is 12.7. The standard InChI is InChI=1S/C19H14ClN3O2.C18H14Cl2N2O2.C16H17NO7.C11H10BrClN2.C11H12ClN3.C11H11ClN2O.C4H4N2O2.2CH4/c20-17-8-4-1-5-13(17)11-22-10-9-14(21-22)12-23-18(24)15-6-2-3-7-16(15)19(23)25;19-15-7-3-1-5-13(15)11-22-10-9-17(21-22)18(23)24-12-14-6-2-4-8-16(14)20;1-9(18)23-13(14(16(21)22)24-10(2)19)15(20)17-7-11-5-3-4-6-12(11)8-17;12-7-10-5-6-15(14-10)8-9-3-1-2-4-11(9)13;12-11-4-2-1-3-9(11)8-15-6-5-10(7-13)14-15;12-11-4-2-1-3-9(11)7-14-6-5-10(8-15)13-14;7-4(8)3-1-2-5-6-3;;/h1-10H,11-12H2;1-10H,11-12H2;3-6,13-14H,7-8H2,1-2H3,(H,21,22);1-6H,7-8H2;1-6H,7-8,13H2;1-6,15H,7-8H2;1-2H,(H,5,6)(H,7,8);2*1H4/t;;13-,14-;;;;;;/m..1....../s1. The van der Waals surface area contributed by atoms with Crippen LogP contribution in [0.4, 0.5) is 0 Å². The van der Waals surface area contributed by atoms with Crippen LogP contribution in [0.15, 0.2) is 268 Å². The lowest BCUT2D eigenvalue weighted by Crippen LogP contribution is -2.50. The Balaban J connectivity index is 0.000000188. The Labute approximate surface area is 776 Å². The minimum absolute atomic E-state index is 0. The number of alkyl halides is 1. The number of ether oxygens (including phenoxy) is 3. The number of rotatable bonds is 24. The molecule has 2 atom stereocenters. The highest BCUT2D eigenvalue weighted by Gasteiger charge is 2.43. The van der Waals surface area contributed by atoms with Crippen LogP contribution < -0.4 is 5.73 Å². The molecule has 2 aliphatic heterocycles. The van der Waals surface area contributed by atoms with Gasteiger partial charge in [-0.3, -0.25) is 57.4 Å². The number of aliphatic hydroxyl groups is 1. The predicted octanol–water partition coefficient (Wildman–Crippen LogP) is 17.4. The van der Waals surface area contributed by atoms with Crippen molar-refractivity contribution >= 4 is 133 Å². The summed E-state index contributed by atoms with van der Waals surface area (Å²) in [5, 5.41) is 58.5. The number of H-pyrrole nitrogens is 1. The first-order valence-electron chi connectivity index (χ1n) is 38.4. The number of hydrogen-bond acceptors (Lipinski definition) is 19. The maximum Gasteiger partial charge on any atom is 0.359 e. The highest BCUT2D eigenvalue weighted by molar-refractivity contribution is 9.08. The van der Waals surface area contributed by atoms with Crippen molar-refractivity contribution in [3.8, 4) is 0 Å². The van der Waals surface area contributed by atoms with Gasteiger partial charge in [-0.1, -0.05) is 246 Å². The molecule has 0 saturated carbocycles. The van der Waals surface area contributed by atoms with Gasteiger partial charge in [-0.05, 0) is 124 Å². The lowest BCUT2D eigenvalue weighted by Gasteiger charge is -2.26. The van der Waals surface area contributed by atoms with Crippen molar-refractivity contribution in [2.75, 3.05) is 0 Å². The normalized spacial score (nSPS) is 11.7. The highest BCUT2D eigenvalue weighted by atomic mass is 79.9. The summed E-state index contributed by atoms with van der Waals surface area (Å²) < 4.78 is 23.7. The number of nitrogens with two attached hydrogens (primary N) is 1. The molecule has 128 heavy (non-hydrogen) atoms. The molecular formula is C92H90BrCl6N15O14. The van der Waals surface area contributed by atoms with Crippen LogP contribution in [0, 0.1) is 0 Å². The molecule has 29 nitrogen and oxygen atoms in total. The molecule has 0 radical (unpaired) electrons. The number of fused-ring (bicyclic) bond motifs is 2. The number of aromatic nitrogens is 12. The fourth-order valence-electron chi connectivity index (χ4n) is 12.1. The molecule has 666 valence electrons. The lowest BCUT2D eigenvalue weighted by atomic mass is 10.1. The second kappa shape index (κ2) is 50.5. The van der Waals surface area contributed by atoms with E-state index in [0.717, 1.165) is 90.1 Å².